The number of amides is 1. The SMILES string of the molecule is O=C1N([C@H]2C[C@H](Nc3nc4ccccc4s3)C2)c2ncc(Cl)cc2C1(F)F. The van der Waals surface area contributed by atoms with Gasteiger partial charge in [0.25, 0.3) is 0 Å². The maximum Gasteiger partial charge on any atom is 0.353 e. The molecule has 2 aromatic heterocycles. The number of carbonyl (C=O) groups excluding carboxylic acids is 1. The van der Waals surface area contributed by atoms with E-state index in [-0.39, 0.29) is 22.9 Å². The first-order chi connectivity index (χ1) is 12.9. The molecule has 27 heavy (non-hydrogen) atoms. The number of hydrogen-bond donors (Lipinski definition) is 1. The van der Waals surface area contributed by atoms with Crippen molar-refractivity contribution in [2.45, 2.75) is 30.8 Å². The molecule has 1 amide bonds. The molecule has 5 rings (SSSR count). The molecule has 1 aliphatic carbocycles. The molecule has 0 spiro atoms. The van der Waals surface area contributed by atoms with Gasteiger partial charge in [-0.25, -0.2) is 9.97 Å². The van der Waals surface area contributed by atoms with Crippen molar-refractivity contribution in [3.63, 3.8) is 0 Å². The first kappa shape index (κ1) is 16.8. The highest BCUT2D eigenvalue weighted by atomic mass is 35.5. The lowest BCUT2D eigenvalue weighted by atomic mass is 9.85. The van der Waals surface area contributed by atoms with E-state index in [4.69, 9.17) is 11.6 Å². The lowest BCUT2D eigenvalue weighted by molar-refractivity contribution is -0.142. The van der Waals surface area contributed by atoms with Gasteiger partial charge in [0.05, 0.1) is 20.8 Å². The van der Waals surface area contributed by atoms with E-state index in [1.165, 1.54) is 6.20 Å². The highest BCUT2D eigenvalue weighted by Gasteiger charge is 2.57. The molecule has 0 radical (unpaired) electrons. The molecular formula is C18H13ClF2N4OS. The molecule has 1 saturated carbocycles. The van der Waals surface area contributed by atoms with Crippen molar-refractivity contribution in [3.05, 3.63) is 47.1 Å². The summed E-state index contributed by atoms with van der Waals surface area (Å²) >= 11 is 7.33. The molecule has 1 fully saturated rings. The monoisotopic (exact) mass is 406 g/mol. The van der Waals surface area contributed by atoms with Crippen LogP contribution in [0, 0.1) is 0 Å². The van der Waals surface area contributed by atoms with E-state index in [9.17, 15) is 13.6 Å². The van der Waals surface area contributed by atoms with Gasteiger partial charge in [-0.15, -0.1) is 0 Å². The Kier molecular flexibility index (Phi) is 3.64. The average molecular weight is 407 g/mol. The number of fused-ring (bicyclic) bond motifs is 2. The number of thiazole rings is 1. The molecule has 3 aromatic rings. The van der Waals surface area contributed by atoms with Gasteiger partial charge < -0.3 is 5.32 Å². The Morgan fingerprint density at radius 1 is 1.30 bits per heavy atom. The van der Waals surface area contributed by atoms with E-state index in [0.717, 1.165) is 26.3 Å². The van der Waals surface area contributed by atoms with Crippen LogP contribution >= 0.6 is 22.9 Å². The number of para-hydroxylation sites is 1. The van der Waals surface area contributed by atoms with Crippen molar-refractivity contribution in [3.8, 4) is 0 Å². The summed E-state index contributed by atoms with van der Waals surface area (Å²) in [5.74, 6) is -4.80. The normalized spacial score (nSPS) is 23.4. The fraction of sp³-hybridized carbons (Fsp3) is 0.278. The van der Waals surface area contributed by atoms with Gasteiger partial charge in [0, 0.05) is 18.3 Å². The molecule has 5 nitrogen and oxygen atoms in total. The third kappa shape index (κ3) is 2.58. The minimum Gasteiger partial charge on any atom is -0.359 e. The molecule has 138 valence electrons. The van der Waals surface area contributed by atoms with Crippen LogP contribution in [0.1, 0.15) is 18.4 Å². The summed E-state index contributed by atoms with van der Waals surface area (Å²) in [6.07, 6.45) is 2.40. The number of aromatic nitrogens is 2. The first-order valence-electron chi connectivity index (χ1n) is 8.43. The largest absolute Gasteiger partial charge is 0.359 e. The summed E-state index contributed by atoms with van der Waals surface area (Å²) in [5, 5.41) is 4.21. The minimum absolute atomic E-state index is 0.0119. The zero-order valence-corrected chi connectivity index (χ0v) is 15.4. The summed E-state index contributed by atoms with van der Waals surface area (Å²) < 4.78 is 29.7. The van der Waals surface area contributed by atoms with Gasteiger partial charge in [-0.3, -0.25) is 9.69 Å². The number of hydrogen-bond acceptors (Lipinski definition) is 5. The Hall–Kier alpha value is -2.32. The molecule has 3 heterocycles. The smallest absolute Gasteiger partial charge is 0.353 e. The van der Waals surface area contributed by atoms with Crippen LogP contribution in [0.4, 0.5) is 19.7 Å². The summed E-state index contributed by atoms with van der Waals surface area (Å²) in [7, 11) is 0. The van der Waals surface area contributed by atoms with Crippen molar-refractivity contribution in [2.75, 3.05) is 10.2 Å². The lowest BCUT2D eigenvalue weighted by Crippen LogP contribution is -2.53. The molecule has 0 saturated heterocycles. The molecule has 9 heteroatoms. The van der Waals surface area contributed by atoms with Crippen molar-refractivity contribution in [2.24, 2.45) is 0 Å². The quantitative estimate of drug-likeness (QED) is 0.699. The summed E-state index contributed by atoms with van der Waals surface area (Å²) in [6, 6.07) is 8.72. The number of rotatable bonds is 3. The highest BCUT2D eigenvalue weighted by Crippen LogP contribution is 2.47. The zero-order chi connectivity index (χ0) is 18.8. The summed E-state index contributed by atoms with van der Waals surface area (Å²) in [5.41, 5.74) is 0.507. The maximum atomic E-state index is 14.3. The van der Waals surface area contributed by atoms with Gasteiger partial charge >= 0.3 is 11.8 Å². The molecule has 2 aliphatic rings. The fourth-order valence-electron chi connectivity index (χ4n) is 3.58. The van der Waals surface area contributed by atoms with Gasteiger partial charge in [-0.2, -0.15) is 8.78 Å². The van der Waals surface area contributed by atoms with Crippen LogP contribution in [-0.4, -0.2) is 28.0 Å². The molecule has 1 N–H and O–H groups in total. The number of nitrogens with zero attached hydrogens (tertiary/aromatic N) is 3. The van der Waals surface area contributed by atoms with Crippen LogP contribution in [0.3, 0.4) is 0 Å². The van der Waals surface area contributed by atoms with Gasteiger partial charge in [-0.1, -0.05) is 35.1 Å². The van der Waals surface area contributed by atoms with Gasteiger partial charge in [0.2, 0.25) is 0 Å². The van der Waals surface area contributed by atoms with Crippen LogP contribution < -0.4 is 10.2 Å². The van der Waals surface area contributed by atoms with E-state index < -0.39 is 17.4 Å². The Morgan fingerprint density at radius 2 is 2.07 bits per heavy atom. The number of benzene rings is 1. The van der Waals surface area contributed by atoms with Gasteiger partial charge in [0.1, 0.15) is 5.82 Å². The topological polar surface area (TPSA) is 58.1 Å². The zero-order valence-electron chi connectivity index (χ0n) is 13.8. The van der Waals surface area contributed by atoms with E-state index in [1.54, 1.807) is 11.3 Å². The number of anilines is 2. The van der Waals surface area contributed by atoms with Crippen LogP contribution in [0.25, 0.3) is 10.2 Å². The Labute approximate surface area is 162 Å². The van der Waals surface area contributed by atoms with E-state index in [2.05, 4.69) is 15.3 Å². The van der Waals surface area contributed by atoms with Crippen LogP contribution in [0.2, 0.25) is 5.02 Å². The predicted octanol–water partition coefficient (Wildman–Crippen LogP) is 4.43. The van der Waals surface area contributed by atoms with Crippen LogP contribution in [0.15, 0.2) is 36.5 Å². The molecule has 1 aromatic carbocycles. The maximum absolute atomic E-state index is 14.3. The van der Waals surface area contributed by atoms with E-state index in [1.807, 2.05) is 24.3 Å². The van der Waals surface area contributed by atoms with Crippen molar-refractivity contribution in [1.82, 2.24) is 9.97 Å². The van der Waals surface area contributed by atoms with Crippen LogP contribution in [0.5, 0.6) is 0 Å². The third-order valence-electron chi connectivity index (χ3n) is 4.99. The Morgan fingerprint density at radius 3 is 2.85 bits per heavy atom. The molecule has 1 aliphatic heterocycles. The minimum atomic E-state index is -3.58. The van der Waals surface area contributed by atoms with Crippen LogP contribution in [-0.2, 0) is 10.7 Å². The first-order valence-corrected chi connectivity index (χ1v) is 9.62. The second kappa shape index (κ2) is 5.84. The second-order valence-electron chi connectivity index (χ2n) is 6.73. The van der Waals surface area contributed by atoms with E-state index in [0.29, 0.717) is 12.8 Å². The lowest BCUT2D eigenvalue weighted by Gasteiger charge is -2.41. The van der Waals surface area contributed by atoms with Gasteiger partial charge in [0.15, 0.2) is 5.13 Å². The number of pyridine rings is 1. The molecular weight excluding hydrogens is 394 g/mol. The highest BCUT2D eigenvalue weighted by molar-refractivity contribution is 7.22. The summed E-state index contributed by atoms with van der Waals surface area (Å²) in [4.78, 5) is 21.9. The fourth-order valence-corrected chi connectivity index (χ4v) is 4.68. The second-order valence-corrected chi connectivity index (χ2v) is 8.19. The van der Waals surface area contributed by atoms with E-state index >= 15 is 0 Å². The van der Waals surface area contributed by atoms with Gasteiger partial charge in [-0.05, 0) is 31.0 Å². The van der Waals surface area contributed by atoms with Crippen molar-refractivity contribution in [1.29, 1.82) is 0 Å². The average Bonchev–Trinajstić information content (AvgIpc) is 3.09. The molecule has 0 atom stereocenters. The standard InChI is InChI=1S/C18H13ClF2N4OS/c19-9-5-12-15(22-8-9)25(16(26)18(12,20)21)11-6-10(7-11)23-17-24-13-3-1-2-4-14(13)27-17/h1-5,8,10-11H,6-7H2,(H,23,24)/t10-,11-. The number of alkyl halides is 2. The number of nitrogens with one attached hydrogen (secondary N) is 1. The number of halogens is 3. The predicted molar refractivity (Wildman–Crippen MR) is 101 cm³/mol. The molecule has 0 bridgehead atoms. The molecule has 0 unspecified atom stereocenters. The van der Waals surface area contributed by atoms with Crippen molar-refractivity contribution >= 4 is 50.0 Å². The third-order valence-corrected chi connectivity index (χ3v) is 6.16. The summed E-state index contributed by atoms with van der Waals surface area (Å²) in [6.45, 7) is 0. The number of carbonyl (C=O) groups is 1. The van der Waals surface area contributed by atoms with Crippen molar-refractivity contribution < 1.29 is 13.6 Å². The Balaban J connectivity index is 1.33. The Bertz CT molecular complexity index is 1030.